The standard InChI is InChI=1S/C22H29FO4/c23-21-15-13-17(20(21)10-6-1-2-7-11-22(25)26)12-14-18(24)16-27-19-8-4-3-5-9-19/h1,3-6,8-9,12,14,17-18,20-21,24H,2,7,10-11,13,15-16H2,(H,25,26)/b6-1-,14-12+/t17-,18+,20+,21+/m0/s1. The number of rotatable bonds is 11. The van der Waals surface area contributed by atoms with E-state index in [4.69, 9.17) is 9.84 Å². The highest BCUT2D eigenvalue weighted by Crippen LogP contribution is 2.37. The molecule has 1 aromatic carbocycles. The average Bonchev–Trinajstić information content (AvgIpc) is 3.01. The van der Waals surface area contributed by atoms with Gasteiger partial charge in [-0.05, 0) is 56.1 Å². The molecule has 4 nitrogen and oxygen atoms in total. The number of carbonyl (C=O) groups is 1. The van der Waals surface area contributed by atoms with E-state index < -0.39 is 18.2 Å². The number of unbranched alkanes of at least 4 members (excludes halogenated alkanes) is 1. The monoisotopic (exact) mass is 376 g/mol. The summed E-state index contributed by atoms with van der Waals surface area (Å²) in [6, 6.07) is 9.31. The molecular weight excluding hydrogens is 347 g/mol. The molecule has 1 aromatic rings. The minimum Gasteiger partial charge on any atom is -0.491 e. The van der Waals surface area contributed by atoms with Gasteiger partial charge in [-0.15, -0.1) is 0 Å². The second-order valence-electron chi connectivity index (χ2n) is 6.99. The summed E-state index contributed by atoms with van der Waals surface area (Å²) >= 11 is 0. The summed E-state index contributed by atoms with van der Waals surface area (Å²) in [6.45, 7) is 0.167. The number of aliphatic carboxylic acids is 1. The van der Waals surface area contributed by atoms with Gasteiger partial charge in [-0.2, -0.15) is 0 Å². The maximum Gasteiger partial charge on any atom is 0.303 e. The fraction of sp³-hybridized carbons (Fsp3) is 0.500. The lowest BCUT2D eigenvalue weighted by molar-refractivity contribution is -0.137. The summed E-state index contributed by atoms with van der Waals surface area (Å²) in [6.07, 6.45) is 9.39. The van der Waals surface area contributed by atoms with E-state index in [9.17, 15) is 14.3 Å². The lowest BCUT2D eigenvalue weighted by Gasteiger charge is -2.17. The molecule has 1 aliphatic rings. The van der Waals surface area contributed by atoms with Crippen LogP contribution in [0.15, 0.2) is 54.6 Å². The first-order valence-electron chi connectivity index (χ1n) is 9.61. The Morgan fingerprint density at radius 3 is 2.78 bits per heavy atom. The van der Waals surface area contributed by atoms with Gasteiger partial charge in [0.15, 0.2) is 0 Å². The van der Waals surface area contributed by atoms with Crippen LogP contribution in [0, 0.1) is 11.8 Å². The fourth-order valence-electron chi connectivity index (χ4n) is 3.38. The van der Waals surface area contributed by atoms with E-state index in [0.29, 0.717) is 31.4 Å². The zero-order valence-electron chi connectivity index (χ0n) is 15.5. The molecule has 2 rings (SSSR count). The number of carboxylic acids is 1. The quantitative estimate of drug-likeness (QED) is 0.439. The van der Waals surface area contributed by atoms with Crippen LogP contribution in [-0.2, 0) is 4.79 Å². The normalized spacial score (nSPS) is 23.9. The third-order valence-electron chi connectivity index (χ3n) is 4.87. The van der Waals surface area contributed by atoms with Crippen LogP contribution in [0.3, 0.4) is 0 Å². The Bertz CT molecular complexity index is 614. The number of para-hydroxylation sites is 1. The van der Waals surface area contributed by atoms with Gasteiger partial charge in [0, 0.05) is 6.42 Å². The molecule has 27 heavy (non-hydrogen) atoms. The van der Waals surface area contributed by atoms with Crippen molar-refractivity contribution in [2.75, 3.05) is 6.61 Å². The smallest absolute Gasteiger partial charge is 0.303 e. The Balaban J connectivity index is 1.75. The minimum absolute atomic E-state index is 0.0841. The molecular formula is C22H29FO4. The molecule has 0 aliphatic heterocycles. The maximum absolute atomic E-state index is 14.2. The third kappa shape index (κ3) is 7.95. The van der Waals surface area contributed by atoms with E-state index in [1.165, 1.54) is 0 Å². The van der Waals surface area contributed by atoms with Crippen LogP contribution >= 0.6 is 0 Å². The van der Waals surface area contributed by atoms with Crippen LogP contribution < -0.4 is 4.74 Å². The summed E-state index contributed by atoms with van der Waals surface area (Å²) in [4.78, 5) is 10.5. The summed E-state index contributed by atoms with van der Waals surface area (Å²) in [5.74, 6) is -0.0576. The minimum atomic E-state index is -0.832. The van der Waals surface area contributed by atoms with Gasteiger partial charge in [0.25, 0.3) is 0 Å². The molecule has 0 heterocycles. The first kappa shape index (κ1) is 21.2. The number of carboxylic acid groups (broad SMARTS) is 1. The van der Waals surface area contributed by atoms with Gasteiger partial charge in [0.2, 0.25) is 0 Å². The van der Waals surface area contributed by atoms with Crippen molar-refractivity contribution in [3.05, 3.63) is 54.6 Å². The van der Waals surface area contributed by atoms with Gasteiger partial charge >= 0.3 is 5.97 Å². The highest BCUT2D eigenvalue weighted by Gasteiger charge is 2.33. The average molecular weight is 376 g/mol. The molecule has 0 saturated heterocycles. The van der Waals surface area contributed by atoms with E-state index in [1.54, 1.807) is 6.08 Å². The number of aliphatic hydroxyl groups is 1. The largest absolute Gasteiger partial charge is 0.491 e. The van der Waals surface area contributed by atoms with Crippen molar-refractivity contribution in [3.63, 3.8) is 0 Å². The molecule has 4 atom stereocenters. The van der Waals surface area contributed by atoms with Crippen LogP contribution in [-0.4, -0.2) is 35.1 Å². The predicted octanol–water partition coefficient (Wildman–Crippen LogP) is 4.55. The van der Waals surface area contributed by atoms with Crippen LogP contribution in [0.1, 0.15) is 38.5 Å². The number of allylic oxidation sites excluding steroid dienone is 3. The van der Waals surface area contributed by atoms with E-state index in [0.717, 1.165) is 6.42 Å². The Morgan fingerprint density at radius 1 is 1.26 bits per heavy atom. The molecule has 0 radical (unpaired) electrons. The van der Waals surface area contributed by atoms with E-state index in [1.807, 2.05) is 48.6 Å². The molecule has 0 bridgehead atoms. The number of ether oxygens (including phenoxy) is 1. The third-order valence-corrected chi connectivity index (χ3v) is 4.87. The molecule has 148 valence electrons. The van der Waals surface area contributed by atoms with Gasteiger partial charge < -0.3 is 14.9 Å². The number of benzene rings is 1. The second kappa shape index (κ2) is 11.5. The molecule has 0 aromatic heterocycles. The molecule has 0 amide bonds. The Hall–Kier alpha value is -2.14. The van der Waals surface area contributed by atoms with Crippen molar-refractivity contribution < 1.29 is 24.1 Å². The Morgan fingerprint density at radius 2 is 2.04 bits per heavy atom. The lowest BCUT2D eigenvalue weighted by Crippen LogP contribution is -2.17. The predicted molar refractivity (Wildman–Crippen MR) is 103 cm³/mol. The molecule has 5 heteroatoms. The lowest BCUT2D eigenvalue weighted by atomic mass is 9.91. The van der Waals surface area contributed by atoms with Crippen LogP contribution in [0.2, 0.25) is 0 Å². The van der Waals surface area contributed by atoms with E-state index in [-0.39, 0.29) is 24.9 Å². The van der Waals surface area contributed by atoms with Crippen molar-refractivity contribution in [1.82, 2.24) is 0 Å². The number of aliphatic hydroxyl groups excluding tert-OH is 1. The van der Waals surface area contributed by atoms with Gasteiger partial charge in [-0.3, -0.25) is 4.79 Å². The SMILES string of the molecule is O=C(O)CCC/C=C\C[C@H]1[C@H](F)CC[C@@H]1/C=C/[C@@H](O)COc1ccccc1. The van der Waals surface area contributed by atoms with Crippen molar-refractivity contribution in [2.45, 2.75) is 50.8 Å². The summed E-state index contributed by atoms with van der Waals surface area (Å²) < 4.78 is 19.7. The summed E-state index contributed by atoms with van der Waals surface area (Å²) in [5, 5.41) is 18.7. The first-order valence-corrected chi connectivity index (χ1v) is 9.61. The zero-order valence-corrected chi connectivity index (χ0v) is 15.5. The van der Waals surface area contributed by atoms with Crippen molar-refractivity contribution in [3.8, 4) is 5.75 Å². The topological polar surface area (TPSA) is 66.8 Å². The van der Waals surface area contributed by atoms with Crippen molar-refractivity contribution in [1.29, 1.82) is 0 Å². The number of alkyl halides is 1. The number of hydrogen-bond donors (Lipinski definition) is 2. The molecule has 1 fully saturated rings. The van der Waals surface area contributed by atoms with Crippen molar-refractivity contribution >= 4 is 5.97 Å². The maximum atomic E-state index is 14.2. The fourth-order valence-corrected chi connectivity index (χ4v) is 3.38. The second-order valence-corrected chi connectivity index (χ2v) is 6.99. The molecule has 2 N–H and O–H groups in total. The van der Waals surface area contributed by atoms with Gasteiger partial charge in [-0.1, -0.05) is 42.5 Å². The molecule has 0 unspecified atom stereocenters. The van der Waals surface area contributed by atoms with Crippen LogP contribution in [0.25, 0.3) is 0 Å². The van der Waals surface area contributed by atoms with E-state index >= 15 is 0 Å². The Labute approximate surface area is 160 Å². The first-order chi connectivity index (χ1) is 13.1. The zero-order chi connectivity index (χ0) is 19.5. The van der Waals surface area contributed by atoms with Crippen LogP contribution in [0.5, 0.6) is 5.75 Å². The van der Waals surface area contributed by atoms with Crippen molar-refractivity contribution in [2.24, 2.45) is 11.8 Å². The summed E-state index contributed by atoms with van der Waals surface area (Å²) in [7, 11) is 0. The Kier molecular flexibility index (Phi) is 9.05. The number of halogens is 1. The van der Waals surface area contributed by atoms with Gasteiger partial charge in [0.1, 0.15) is 24.6 Å². The molecule has 1 aliphatic carbocycles. The number of hydrogen-bond acceptors (Lipinski definition) is 3. The van der Waals surface area contributed by atoms with Crippen LogP contribution in [0.4, 0.5) is 4.39 Å². The van der Waals surface area contributed by atoms with E-state index in [2.05, 4.69) is 0 Å². The van der Waals surface area contributed by atoms with Gasteiger partial charge in [0.05, 0.1) is 0 Å². The highest BCUT2D eigenvalue weighted by molar-refractivity contribution is 5.66. The summed E-state index contributed by atoms with van der Waals surface area (Å²) in [5.41, 5.74) is 0. The molecule has 0 spiro atoms. The molecule has 1 saturated carbocycles. The van der Waals surface area contributed by atoms with Gasteiger partial charge in [-0.25, -0.2) is 4.39 Å². The highest BCUT2D eigenvalue weighted by atomic mass is 19.1.